The summed E-state index contributed by atoms with van der Waals surface area (Å²) in [6.07, 6.45) is 4.50. The van der Waals surface area contributed by atoms with Gasteiger partial charge in [0, 0.05) is 0 Å². The molecule has 0 radical (unpaired) electrons. The molecule has 0 saturated carbocycles. The number of benzene rings is 1. The Labute approximate surface area is 137 Å². The van der Waals surface area contributed by atoms with E-state index in [9.17, 15) is 0 Å². The van der Waals surface area contributed by atoms with Crippen molar-refractivity contribution in [2.24, 2.45) is 0 Å². The number of rotatable bonds is 3. The first kappa shape index (κ1) is 15.8. The van der Waals surface area contributed by atoms with E-state index < -0.39 is 16.8 Å². The van der Waals surface area contributed by atoms with Crippen LogP contribution in [0, 0.1) is 0 Å². The Morgan fingerprint density at radius 1 is 1.05 bits per heavy atom. The van der Waals surface area contributed by atoms with Crippen LogP contribution in [0.1, 0.15) is 41.8 Å². The zero-order valence-electron chi connectivity index (χ0n) is 14.2. The molecule has 1 heterocycles. The molecule has 0 saturated heterocycles. The van der Waals surface area contributed by atoms with E-state index in [1.807, 2.05) is 6.20 Å². The Kier molecular flexibility index (Phi) is 3.97. The molecule has 3 rings (SSSR count). The molecule has 0 amide bonds. The second-order valence-electron chi connectivity index (χ2n) is 7.83. The first-order chi connectivity index (χ1) is 10.3. The van der Waals surface area contributed by atoms with Gasteiger partial charge in [0.25, 0.3) is 0 Å². The fourth-order valence-corrected chi connectivity index (χ4v) is 9.51. The third-order valence-electron chi connectivity index (χ3n) is 4.28. The molecule has 1 aromatic heterocycles. The molecule has 0 bridgehead atoms. The van der Waals surface area contributed by atoms with Crippen LogP contribution in [0.3, 0.4) is 0 Å². The summed E-state index contributed by atoms with van der Waals surface area (Å²) >= 11 is -2.23. The van der Waals surface area contributed by atoms with E-state index in [1.54, 1.807) is 0 Å². The molecule has 2 aromatic rings. The van der Waals surface area contributed by atoms with Gasteiger partial charge in [-0.3, -0.25) is 0 Å². The van der Waals surface area contributed by atoms with Crippen LogP contribution in [-0.2, 0) is 16.8 Å². The van der Waals surface area contributed by atoms with E-state index in [-0.39, 0.29) is 5.54 Å². The Morgan fingerprint density at radius 3 is 2.41 bits per heavy atom. The minimum atomic E-state index is -2.23. The average Bonchev–Trinajstić information content (AvgIpc) is 3.02. The summed E-state index contributed by atoms with van der Waals surface area (Å²) in [6, 6.07) is 13.1. The van der Waals surface area contributed by atoms with Gasteiger partial charge >= 0.3 is 138 Å². The molecule has 116 valence electrons. The molecule has 0 fully saturated rings. The monoisotopic (exact) mass is 330 g/mol. The summed E-state index contributed by atoms with van der Waals surface area (Å²) in [7, 11) is 0. The average molecular weight is 330 g/mol. The van der Waals surface area contributed by atoms with Gasteiger partial charge in [0.2, 0.25) is 0 Å². The van der Waals surface area contributed by atoms with Gasteiger partial charge in [-0.25, -0.2) is 0 Å². The number of hydrogen-bond acceptors (Lipinski definition) is 1. The standard InChI is InChI=1S/C13H10N.C4H10N.2CH3.Ti/c1-2-5-11-10(4-1)7-8-12(11)13-6-3-9-14-13;1-4(2,3)5;;;/h1-9,14H;5H,1-3H3;2*1H3;/q;-1;;;+1. The van der Waals surface area contributed by atoms with Crippen LogP contribution < -0.4 is 3.80 Å². The third-order valence-corrected chi connectivity index (χ3v) is 9.63. The second-order valence-corrected chi connectivity index (χ2v) is 14.6. The number of fused-ring (bicyclic) bond motifs is 1. The van der Waals surface area contributed by atoms with Crippen molar-refractivity contribution in [3.05, 3.63) is 65.5 Å². The maximum absolute atomic E-state index is 3.98. The zero-order chi connectivity index (χ0) is 16.0. The number of H-pyrrole nitrogens is 1. The Balaban J connectivity index is 2.06. The number of allylic oxidation sites excluding steroid dienone is 1. The van der Waals surface area contributed by atoms with E-state index in [1.165, 1.54) is 22.4 Å². The van der Waals surface area contributed by atoms with E-state index in [4.69, 9.17) is 0 Å². The topological polar surface area (TPSA) is 27.8 Å². The van der Waals surface area contributed by atoms with Crippen molar-refractivity contribution in [3.63, 3.8) is 0 Å². The van der Waals surface area contributed by atoms with Gasteiger partial charge in [-0.15, -0.1) is 0 Å². The summed E-state index contributed by atoms with van der Waals surface area (Å²) < 4.78 is 4.53. The number of hydrogen-bond donors (Lipinski definition) is 2. The van der Waals surface area contributed by atoms with Crippen LogP contribution >= 0.6 is 0 Å². The normalized spacial score (nSPS) is 18.2. The van der Waals surface area contributed by atoms with Crippen LogP contribution in [-0.4, -0.2) is 10.5 Å². The molecule has 0 aliphatic heterocycles. The molecular weight excluding hydrogens is 304 g/mol. The molecule has 0 spiro atoms. The fraction of sp³-hybridized carbons (Fsp3) is 0.368. The van der Waals surface area contributed by atoms with Crippen molar-refractivity contribution in [3.8, 4) is 0 Å². The van der Waals surface area contributed by atoms with Crippen molar-refractivity contribution in [1.82, 2.24) is 8.78 Å². The Bertz CT molecular complexity index is 690. The first-order valence-corrected chi connectivity index (χ1v) is 12.8. The summed E-state index contributed by atoms with van der Waals surface area (Å²) in [6.45, 7) is 6.82. The number of aromatic nitrogens is 1. The first-order valence-electron chi connectivity index (χ1n) is 8.02. The van der Waals surface area contributed by atoms with E-state index in [0.717, 1.165) is 0 Å². The number of aromatic amines is 1. The molecule has 1 aliphatic rings. The molecule has 1 aromatic carbocycles. The van der Waals surface area contributed by atoms with Crippen LogP contribution in [0.2, 0.25) is 10.5 Å². The van der Waals surface area contributed by atoms with Gasteiger partial charge in [0.05, 0.1) is 0 Å². The quantitative estimate of drug-likeness (QED) is 0.757. The molecular formula is C19H26N2Ti. The fourth-order valence-electron chi connectivity index (χ4n) is 3.73. The maximum atomic E-state index is 3.98. The zero-order valence-corrected chi connectivity index (χ0v) is 15.8. The third kappa shape index (κ3) is 3.01. The Morgan fingerprint density at radius 2 is 1.77 bits per heavy atom. The molecule has 1 unspecified atom stereocenters. The molecule has 22 heavy (non-hydrogen) atoms. The number of nitrogens with one attached hydrogen (secondary N) is 2. The van der Waals surface area contributed by atoms with Crippen molar-refractivity contribution < 1.29 is 16.8 Å². The van der Waals surface area contributed by atoms with E-state index in [0.29, 0.717) is 4.22 Å². The molecule has 2 nitrogen and oxygen atoms in total. The van der Waals surface area contributed by atoms with Gasteiger partial charge in [0.1, 0.15) is 0 Å². The van der Waals surface area contributed by atoms with Gasteiger partial charge in [0.15, 0.2) is 0 Å². The summed E-state index contributed by atoms with van der Waals surface area (Å²) in [5.74, 6) is 0. The SMILES string of the molecule is CC(C)(C)[NH][Ti]([CH3])([CH3])[CH]1C=C(c2ccc[nH]2)c2ccccc21. The van der Waals surface area contributed by atoms with Crippen molar-refractivity contribution in [2.45, 2.75) is 41.0 Å². The van der Waals surface area contributed by atoms with Crippen LogP contribution in [0.4, 0.5) is 0 Å². The molecule has 3 heteroatoms. The van der Waals surface area contributed by atoms with Crippen molar-refractivity contribution >= 4 is 5.57 Å². The van der Waals surface area contributed by atoms with Gasteiger partial charge in [-0.1, -0.05) is 0 Å². The van der Waals surface area contributed by atoms with E-state index >= 15 is 0 Å². The summed E-state index contributed by atoms with van der Waals surface area (Å²) in [5.41, 5.74) is 5.64. The molecule has 1 aliphatic carbocycles. The van der Waals surface area contributed by atoms with Crippen molar-refractivity contribution in [1.29, 1.82) is 0 Å². The van der Waals surface area contributed by atoms with Gasteiger partial charge in [-0.05, 0) is 0 Å². The minimum absolute atomic E-state index is 0.168. The second kappa shape index (κ2) is 5.52. The van der Waals surface area contributed by atoms with Crippen LogP contribution in [0.15, 0.2) is 48.7 Å². The summed E-state index contributed by atoms with van der Waals surface area (Å²) in [4.78, 5) is 3.37. The van der Waals surface area contributed by atoms with E-state index in [2.05, 4.69) is 82.5 Å². The van der Waals surface area contributed by atoms with Crippen LogP contribution in [0.25, 0.3) is 5.57 Å². The van der Waals surface area contributed by atoms with Crippen LogP contribution in [0.5, 0.6) is 0 Å². The molecule has 1 atom stereocenters. The molecule has 2 N–H and O–H groups in total. The van der Waals surface area contributed by atoms with Gasteiger partial charge in [-0.2, -0.15) is 0 Å². The van der Waals surface area contributed by atoms with Gasteiger partial charge < -0.3 is 0 Å². The predicted octanol–water partition coefficient (Wildman–Crippen LogP) is 5.05. The Hall–Kier alpha value is -1.09. The predicted molar refractivity (Wildman–Crippen MR) is 91.7 cm³/mol. The summed E-state index contributed by atoms with van der Waals surface area (Å²) in [5, 5.41) is 4.97. The van der Waals surface area contributed by atoms with Crippen molar-refractivity contribution in [2.75, 3.05) is 0 Å².